The van der Waals surface area contributed by atoms with Gasteiger partial charge >= 0.3 is 0 Å². The minimum absolute atomic E-state index is 0.0921. The molecule has 2 aromatic heterocycles. The van der Waals surface area contributed by atoms with E-state index in [-0.39, 0.29) is 6.61 Å². The van der Waals surface area contributed by atoms with Crippen molar-refractivity contribution in [2.75, 3.05) is 30.0 Å². The number of rotatable bonds is 5. The Bertz CT molecular complexity index is 500. The average Bonchev–Trinajstić information content (AvgIpc) is 2.82. The molecule has 2 heterocycles. The number of anilines is 2. The van der Waals surface area contributed by atoms with Crippen LogP contribution in [0.1, 0.15) is 6.92 Å². The van der Waals surface area contributed by atoms with Crippen molar-refractivity contribution in [1.82, 2.24) is 9.97 Å². The maximum Gasteiger partial charge on any atom is 0.240 e. The highest BCUT2D eigenvalue weighted by molar-refractivity contribution is 7.16. The van der Waals surface area contributed by atoms with Gasteiger partial charge in [0.15, 0.2) is 0 Å². The maximum absolute atomic E-state index is 9.06. The normalized spacial score (nSPS) is 10.8. The highest BCUT2D eigenvalue weighted by Crippen LogP contribution is 2.28. The molecule has 0 fully saturated rings. The molecule has 2 aromatic rings. The molecule has 0 amide bonds. The zero-order valence-electron chi connectivity index (χ0n) is 9.55. The number of likely N-dealkylation sites (N-methyl/N-ethyl adjacent to an activating group) is 1. The molecule has 17 heavy (non-hydrogen) atoms. The molecule has 92 valence electrons. The quantitative estimate of drug-likeness (QED) is 0.539. The highest BCUT2D eigenvalue weighted by Gasteiger charge is 2.13. The first-order valence-corrected chi connectivity index (χ1v) is 6.25. The predicted octanol–water partition coefficient (Wildman–Crippen LogP) is 0.795. The van der Waals surface area contributed by atoms with Gasteiger partial charge in [-0.25, -0.2) is 10.8 Å². The van der Waals surface area contributed by atoms with Crippen molar-refractivity contribution in [2.24, 2.45) is 5.84 Å². The Morgan fingerprint density at radius 3 is 3.00 bits per heavy atom. The molecule has 0 atom stereocenters. The lowest BCUT2D eigenvalue weighted by Crippen LogP contribution is -2.27. The Morgan fingerprint density at radius 2 is 2.35 bits per heavy atom. The predicted molar refractivity (Wildman–Crippen MR) is 70.2 cm³/mol. The number of nitrogen functional groups attached to an aromatic ring is 1. The number of nitrogens with zero attached hydrogens (tertiary/aromatic N) is 3. The van der Waals surface area contributed by atoms with Gasteiger partial charge in [-0.2, -0.15) is 4.98 Å². The Balaban J connectivity index is 2.52. The first-order valence-electron chi connectivity index (χ1n) is 5.37. The van der Waals surface area contributed by atoms with Crippen molar-refractivity contribution < 1.29 is 5.11 Å². The van der Waals surface area contributed by atoms with Crippen LogP contribution in [-0.4, -0.2) is 34.8 Å². The Labute approximate surface area is 103 Å². The number of fused-ring (bicyclic) bond motifs is 1. The smallest absolute Gasteiger partial charge is 0.240 e. The van der Waals surface area contributed by atoms with Crippen molar-refractivity contribution in [2.45, 2.75) is 6.92 Å². The summed E-state index contributed by atoms with van der Waals surface area (Å²) in [5.41, 5.74) is 2.47. The number of aliphatic hydroxyl groups is 1. The number of nitrogens with one attached hydrogen (secondary N) is 1. The van der Waals surface area contributed by atoms with Gasteiger partial charge in [0.1, 0.15) is 10.6 Å². The first-order chi connectivity index (χ1) is 8.30. The summed E-state index contributed by atoms with van der Waals surface area (Å²) in [4.78, 5) is 11.5. The molecule has 0 spiro atoms. The van der Waals surface area contributed by atoms with Gasteiger partial charge < -0.3 is 10.0 Å². The van der Waals surface area contributed by atoms with Crippen LogP contribution in [0, 0.1) is 0 Å². The monoisotopic (exact) mass is 253 g/mol. The van der Waals surface area contributed by atoms with Crippen molar-refractivity contribution in [1.29, 1.82) is 0 Å². The second-order valence-corrected chi connectivity index (χ2v) is 4.35. The lowest BCUT2D eigenvalue weighted by Gasteiger charge is -2.21. The fraction of sp³-hybridized carbons (Fsp3) is 0.400. The van der Waals surface area contributed by atoms with E-state index in [1.807, 2.05) is 23.3 Å². The van der Waals surface area contributed by atoms with E-state index in [1.165, 1.54) is 0 Å². The van der Waals surface area contributed by atoms with Gasteiger partial charge in [0.25, 0.3) is 0 Å². The molecule has 0 saturated carbocycles. The van der Waals surface area contributed by atoms with Crippen molar-refractivity contribution in [3.05, 3.63) is 11.4 Å². The van der Waals surface area contributed by atoms with E-state index in [2.05, 4.69) is 15.4 Å². The summed E-state index contributed by atoms with van der Waals surface area (Å²) in [5.74, 6) is 6.56. The molecule has 0 unspecified atom stereocenters. The second kappa shape index (κ2) is 5.26. The number of aliphatic hydroxyl groups excluding tert-OH is 1. The van der Waals surface area contributed by atoms with Gasteiger partial charge in [0.05, 0.1) is 12.0 Å². The van der Waals surface area contributed by atoms with Gasteiger partial charge in [-0.15, -0.1) is 11.3 Å². The van der Waals surface area contributed by atoms with E-state index in [9.17, 15) is 0 Å². The summed E-state index contributed by atoms with van der Waals surface area (Å²) in [6.45, 7) is 3.43. The van der Waals surface area contributed by atoms with Gasteiger partial charge in [-0.3, -0.25) is 5.43 Å². The number of hydrogen-bond donors (Lipinski definition) is 3. The largest absolute Gasteiger partial charge is 0.395 e. The van der Waals surface area contributed by atoms with Gasteiger partial charge in [-0.1, -0.05) is 0 Å². The maximum atomic E-state index is 9.06. The van der Waals surface area contributed by atoms with Crippen molar-refractivity contribution >= 4 is 33.3 Å². The molecular formula is C10H15N5OS. The molecule has 0 aromatic carbocycles. The number of aromatic nitrogens is 2. The second-order valence-electron chi connectivity index (χ2n) is 3.46. The third-order valence-electron chi connectivity index (χ3n) is 2.49. The Hall–Kier alpha value is -1.44. The van der Waals surface area contributed by atoms with Crippen LogP contribution in [0.25, 0.3) is 10.2 Å². The number of hydrogen-bond acceptors (Lipinski definition) is 7. The van der Waals surface area contributed by atoms with Crippen LogP contribution in [-0.2, 0) is 0 Å². The number of hydrazine groups is 1. The molecule has 0 aliphatic heterocycles. The zero-order valence-corrected chi connectivity index (χ0v) is 10.4. The molecule has 0 aliphatic carbocycles. The summed E-state index contributed by atoms with van der Waals surface area (Å²) in [5, 5.41) is 12.0. The molecule has 0 bridgehead atoms. The highest BCUT2D eigenvalue weighted by atomic mass is 32.1. The number of nitrogens with two attached hydrogens (primary N) is 1. The number of thiophene rings is 1. The lowest BCUT2D eigenvalue weighted by atomic mass is 10.3. The summed E-state index contributed by atoms with van der Waals surface area (Å²) < 4.78 is 0. The van der Waals surface area contributed by atoms with Gasteiger partial charge in [0, 0.05) is 13.1 Å². The topological polar surface area (TPSA) is 87.3 Å². The fourth-order valence-electron chi connectivity index (χ4n) is 1.68. The Morgan fingerprint density at radius 1 is 1.53 bits per heavy atom. The summed E-state index contributed by atoms with van der Waals surface area (Å²) >= 11 is 1.54. The van der Waals surface area contributed by atoms with Gasteiger partial charge in [-0.05, 0) is 18.4 Å². The standard InChI is InChI=1S/C10H15N5OS/c1-2-15(4-5-16)8-7-3-6-17-9(7)13-10(12-8)14-11/h3,6,16H,2,4-5,11H2,1H3,(H,12,13,14). The first kappa shape index (κ1) is 12.0. The van der Waals surface area contributed by atoms with E-state index >= 15 is 0 Å². The minimum atomic E-state index is 0.0921. The molecule has 0 aliphatic rings. The molecule has 0 saturated heterocycles. The van der Waals surface area contributed by atoms with Crippen LogP contribution < -0.4 is 16.2 Å². The van der Waals surface area contributed by atoms with Crippen LogP contribution in [0.2, 0.25) is 0 Å². The van der Waals surface area contributed by atoms with E-state index < -0.39 is 0 Å². The third kappa shape index (κ3) is 2.31. The van der Waals surface area contributed by atoms with Crippen LogP contribution in [0.5, 0.6) is 0 Å². The SMILES string of the molecule is CCN(CCO)c1nc(NN)nc2sccc12. The molecule has 2 rings (SSSR count). The van der Waals surface area contributed by atoms with E-state index in [0.29, 0.717) is 12.5 Å². The minimum Gasteiger partial charge on any atom is -0.395 e. The summed E-state index contributed by atoms with van der Waals surface area (Å²) in [6, 6.07) is 1.98. The Kier molecular flexibility index (Phi) is 3.72. The average molecular weight is 253 g/mol. The van der Waals surface area contributed by atoms with E-state index in [0.717, 1.165) is 22.6 Å². The molecule has 4 N–H and O–H groups in total. The van der Waals surface area contributed by atoms with Gasteiger partial charge in [0.2, 0.25) is 5.95 Å². The van der Waals surface area contributed by atoms with Crippen LogP contribution in [0.3, 0.4) is 0 Å². The van der Waals surface area contributed by atoms with Crippen LogP contribution >= 0.6 is 11.3 Å². The molecule has 0 radical (unpaired) electrons. The zero-order chi connectivity index (χ0) is 12.3. The fourth-order valence-corrected chi connectivity index (χ4v) is 2.44. The van der Waals surface area contributed by atoms with Crippen molar-refractivity contribution in [3.63, 3.8) is 0 Å². The lowest BCUT2D eigenvalue weighted by molar-refractivity contribution is 0.302. The summed E-state index contributed by atoms with van der Waals surface area (Å²) in [6.07, 6.45) is 0. The third-order valence-corrected chi connectivity index (χ3v) is 3.29. The van der Waals surface area contributed by atoms with Crippen LogP contribution in [0.15, 0.2) is 11.4 Å². The molecule has 6 nitrogen and oxygen atoms in total. The molecular weight excluding hydrogens is 238 g/mol. The van der Waals surface area contributed by atoms with Crippen molar-refractivity contribution in [3.8, 4) is 0 Å². The summed E-state index contributed by atoms with van der Waals surface area (Å²) in [7, 11) is 0. The van der Waals surface area contributed by atoms with Crippen LogP contribution in [0.4, 0.5) is 11.8 Å². The molecule has 7 heteroatoms. The van der Waals surface area contributed by atoms with E-state index in [1.54, 1.807) is 11.3 Å². The van der Waals surface area contributed by atoms with E-state index in [4.69, 9.17) is 10.9 Å².